The number of carbonyl (C=O) groups excluding carboxylic acids is 1. The number of carboxylic acids is 1. The Morgan fingerprint density at radius 2 is 2.00 bits per heavy atom. The smallest absolute Gasteiger partial charge is 0.315 e. The number of nitrogens with one attached hydrogen (secondary N) is 2. The molecule has 0 aliphatic heterocycles. The summed E-state index contributed by atoms with van der Waals surface area (Å²) in [5.41, 5.74) is 1.52. The lowest BCUT2D eigenvalue weighted by Crippen LogP contribution is -2.46. The minimum atomic E-state index is -0.937. The fourth-order valence-corrected chi connectivity index (χ4v) is 1.96. The van der Waals surface area contributed by atoms with Gasteiger partial charge in [0.25, 0.3) is 0 Å². The Morgan fingerprint density at radius 1 is 1.35 bits per heavy atom. The standard InChI is InChI=1S/C14H19BrN2O3/c1-9-8-10(4-5-11(9)15)14(2,3)17-13(20)16-7-6-12(18)19/h4-5,8H,6-7H2,1-3H3,(H,18,19)(H2,16,17,20). The summed E-state index contributed by atoms with van der Waals surface area (Å²) in [6.07, 6.45) is -0.0920. The van der Waals surface area contributed by atoms with Crippen molar-refractivity contribution in [1.29, 1.82) is 0 Å². The van der Waals surface area contributed by atoms with Crippen LogP contribution in [-0.2, 0) is 10.3 Å². The van der Waals surface area contributed by atoms with Crippen LogP contribution in [0.1, 0.15) is 31.4 Å². The number of aliphatic carboxylic acids is 1. The van der Waals surface area contributed by atoms with E-state index in [1.807, 2.05) is 39.0 Å². The van der Waals surface area contributed by atoms with E-state index in [2.05, 4.69) is 26.6 Å². The molecule has 0 fully saturated rings. The van der Waals surface area contributed by atoms with Crippen LogP contribution in [0.3, 0.4) is 0 Å². The molecule has 1 rings (SSSR count). The van der Waals surface area contributed by atoms with Gasteiger partial charge in [0.2, 0.25) is 0 Å². The highest BCUT2D eigenvalue weighted by Crippen LogP contribution is 2.25. The molecule has 1 aromatic rings. The Balaban J connectivity index is 2.66. The second-order valence-corrected chi connectivity index (χ2v) is 5.97. The predicted molar refractivity (Wildman–Crippen MR) is 80.7 cm³/mol. The Labute approximate surface area is 126 Å². The van der Waals surface area contributed by atoms with Gasteiger partial charge in [-0.25, -0.2) is 4.79 Å². The third kappa shape index (κ3) is 4.85. The highest BCUT2D eigenvalue weighted by Gasteiger charge is 2.23. The van der Waals surface area contributed by atoms with Gasteiger partial charge in [-0.3, -0.25) is 4.79 Å². The Bertz CT molecular complexity index is 515. The topological polar surface area (TPSA) is 78.4 Å². The van der Waals surface area contributed by atoms with Gasteiger partial charge >= 0.3 is 12.0 Å². The third-order valence-corrected chi connectivity index (χ3v) is 3.82. The maximum Gasteiger partial charge on any atom is 0.315 e. The van der Waals surface area contributed by atoms with E-state index in [0.717, 1.165) is 15.6 Å². The average molecular weight is 343 g/mol. The summed E-state index contributed by atoms with van der Waals surface area (Å²) in [5, 5.41) is 13.9. The largest absolute Gasteiger partial charge is 0.481 e. The van der Waals surface area contributed by atoms with Crippen LogP contribution in [0.25, 0.3) is 0 Å². The van der Waals surface area contributed by atoms with Crippen molar-refractivity contribution in [2.24, 2.45) is 0 Å². The molecule has 0 heterocycles. The number of halogens is 1. The molecule has 0 spiro atoms. The molecule has 0 saturated heterocycles. The summed E-state index contributed by atoms with van der Waals surface area (Å²) in [4.78, 5) is 22.1. The van der Waals surface area contributed by atoms with Gasteiger partial charge in [-0.05, 0) is 38.0 Å². The molecule has 110 valence electrons. The molecule has 3 N–H and O–H groups in total. The van der Waals surface area contributed by atoms with Crippen LogP contribution in [0.4, 0.5) is 4.79 Å². The summed E-state index contributed by atoms with van der Waals surface area (Å²) in [7, 11) is 0. The highest BCUT2D eigenvalue weighted by molar-refractivity contribution is 9.10. The van der Waals surface area contributed by atoms with Gasteiger partial charge in [0.1, 0.15) is 0 Å². The number of hydrogen-bond donors (Lipinski definition) is 3. The molecule has 6 heteroatoms. The second kappa shape index (κ2) is 6.74. The lowest BCUT2D eigenvalue weighted by molar-refractivity contribution is -0.136. The van der Waals surface area contributed by atoms with Crippen LogP contribution in [0.5, 0.6) is 0 Å². The lowest BCUT2D eigenvalue weighted by atomic mass is 9.93. The molecule has 0 aliphatic carbocycles. The van der Waals surface area contributed by atoms with Gasteiger partial charge in [0.15, 0.2) is 0 Å². The van der Waals surface area contributed by atoms with Crippen LogP contribution >= 0.6 is 15.9 Å². The number of carboxylic acid groups (broad SMARTS) is 1. The van der Waals surface area contributed by atoms with E-state index >= 15 is 0 Å². The molecule has 0 aliphatic rings. The van der Waals surface area contributed by atoms with Crippen molar-refractivity contribution >= 4 is 27.9 Å². The zero-order valence-electron chi connectivity index (χ0n) is 11.8. The van der Waals surface area contributed by atoms with Gasteiger partial charge in [-0.2, -0.15) is 0 Å². The van der Waals surface area contributed by atoms with Crippen molar-refractivity contribution in [1.82, 2.24) is 10.6 Å². The summed E-state index contributed by atoms with van der Waals surface area (Å²) in [5.74, 6) is -0.937. The monoisotopic (exact) mass is 342 g/mol. The fourth-order valence-electron chi connectivity index (χ4n) is 1.72. The molecule has 0 aromatic heterocycles. The molecule has 0 saturated carbocycles. The molecule has 0 radical (unpaired) electrons. The van der Waals surface area contributed by atoms with Crippen molar-refractivity contribution in [3.63, 3.8) is 0 Å². The minimum absolute atomic E-state index is 0.0920. The van der Waals surface area contributed by atoms with Crippen molar-refractivity contribution in [3.8, 4) is 0 Å². The first kappa shape index (κ1) is 16.5. The van der Waals surface area contributed by atoms with Crippen molar-refractivity contribution in [2.75, 3.05) is 6.54 Å². The number of amides is 2. The number of benzene rings is 1. The van der Waals surface area contributed by atoms with Crippen molar-refractivity contribution < 1.29 is 14.7 Å². The van der Waals surface area contributed by atoms with Gasteiger partial charge in [-0.15, -0.1) is 0 Å². The maximum absolute atomic E-state index is 11.7. The molecule has 1 aromatic carbocycles. The molecular formula is C14H19BrN2O3. The summed E-state index contributed by atoms with van der Waals surface area (Å²) >= 11 is 3.44. The molecule has 5 nitrogen and oxygen atoms in total. The Hall–Kier alpha value is -1.56. The van der Waals surface area contributed by atoms with E-state index < -0.39 is 11.5 Å². The Kier molecular flexibility index (Phi) is 5.56. The molecule has 2 amide bonds. The van der Waals surface area contributed by atoms with E-state index in [9.17, 15) is 9.59 Å². The van der Waals surface area contributed by atoms with E-state index in [4.69, 9.17) is 5.11 Å². The van der Waals surface area contributed by atoms with Gasteiger partial charge in [0.05, 0.1) is 12.0 Å². The first-order chi connectivity index (χ1) is 9.22. The van der Waals surface area contributed by atoms with E-state index in [-0.39, 0.29) is 19.0 Å². The van der Waals surface area contributed by atoms with Gasteiger partial charge < -0.3 is 15.7 Å². The quantitative estimate of drug-likeness (QED) is 0.769. The van der Waals surface area contributed by atoms with E-state index in [1.165, 1.54) is 0 Å². The van der Waals surface area contributed by atoms with Crippen molar-refractivity contribution in [2.45, 2.75) is 32.7 Å². The van der Waals surface area contributed by atoms with Crippen molar-refractivity contribution in [3.05, 3.63) is 33.8 Å². The number of rotatable bonds is 5. The number of aryl methyl sites for hydroxylation is 1. The van der Waals surface area contributed by atoms with Gasteiger partial charge in [0, 0.05) is 11.0 Å². The first-order valence-corrected chi connectivity index (χ1v) is 7.06. The normalized spacial score (nSPS) is 11.0. The second-order valence-electron chi connectivity index (χ2n) is 5.11. The van der Waals surface area contributed by atoms with Crippen LogP contribution < -0.4 is 10.6 Å². The molecular weight excluding hydrogens is 324 g/mol. The summed E-state index contributed by atoms with van der Waals surface area (Å²) < 4.78 is 1.02. The number of hydrogen-bond acceptors (Lipinski definition) is 2. The summed E-state index contributed by atoms with van der Waals surface area (Å²) in [6.45, 7) is 5.88. The molecule has 0 bridgehead atoms. The van der Waals surface area contributed by atoms with Crippen LogP contribution in [0, 0.1) is 6.92 Å². The number of urea groups is 1. The third-order valence-electron chi connectivity index (χ3n) is 2.93. The minimum Gasteiger partial charge on any atom is -0.481 e. The van der Waals surface area contributed by atoms with Gasteiger partial charge in [-0.1, -0.05) is 28.1 Å². The average Bonchev–Trinajstić information content (AvgIpc) is 2.31. The SMILES string of the molecule is Cc1cc(C(C)(C)NC(=O)NCCC(=O)O)ccc1Br. The van der Waals surface area contributed by atoms with Crippen LogP contribution in [0.15, 0.2) is 22.7 Å². The first-order valence-electron chi connectivity index (χ1n) is 6.27. The zero-order chi connectivity index (χ0) is 15.3. The fraction of sp³-hybridized carbons (Fsp3) is 0.429. The molecule has 0 unspecified atom stereocenters. The Morgan fingerprint density at radius 3 is 2.55 bits per heavy atom. The van der Waals surface area contributed by atoms with Crippen LogP contribution in [0.2, 0.25) is 0 Å². The highest BCUT2D eigenvalue weighted by atomic mass is 79.9. The van der Waals surface area contributed by atoms with Crippen LogP contribution in [-0.4, -0.2) is 23.7 Å². The maximum atomic E-state index is 11.7. The lowest BCUT2D eigenvalue weighted by Gasteiger charge is -2.27. The van der Waals surface area contributed by atoms with E-state index in [0.29, 0.717) is 0 Å². The summed E-state index contributed by atoms with van der Waals surface area (Å²) in [6, 6.07) is 5.50. The molecule has 0 atom stereocenters. The number of carbonyl (C=O) groups is 2. The predicted octanol–water partition coefficient (Wildman–Crippen LogP) is 2.77. The van der Waals surface area contributed by atoms with E-state index in [1.54, 1.807) is 0 Å². The molecule has 20 heavy (non-hydrogen) atoms. The zero-order valence-corrected chi connectivity index (χ0v) is 13.4.